The number of carboxylic acid groups (broad SMARTS) is 1. The Kier molecular flexibility index (Phi) is 5.57. The SMILES string of the molecule is Cc1ccc(-c2cc(OCC3(C(NC(=O)O)C(C)(C)C)CC3)cnc2Cl)cc1. The zero-order chi connectivity index (χ0) is 20.5. The number of halogens is 1. The lowest BCUT2D eigenvalue weighted by atomic mass is 9.77. The molecule has 1 saturated carbocycles. The maximum Gasteiger partial charge on any atom is 0.404 e. The summed E-state index contributed by atoms with van der Waals surface area (Å²) in [7, 11) is 0. The second-order valence-electron chi connectivity index (χ2n) is 8.77. The van der Waals surface area contributed by atoms with Crippen molar-refractivity contribution in [2.24, 2.45) is 10.8 Å². The van der Waals surface area contributed by atoms with Crippen molar-refractivity contribution in [1.29, 1.82) is 0 Å². The van der Waals surface area contributed by atoms with E-state index in [1.807, 2.05) is 58.0 Å². The molecule has 150 valence electrons. The third-order valence-electron chi connectivity index (χ3n) is 5.34. The fourth-order valence-electron chi connectivity index (χ4n) is 3.76. The molecule has 2 aromatic rings. The van der Waals surface area contributed by atoms with Crippen molar-refractivity contribution in [3.05, 3.63) is 47.2 Å². The summed E-state index contributed by atoms with van der Waals surface area (Å²) in [6.07, 6.45) is 2.48. The molecule has 5 nitrogen and oxygen atoms in total. The first-order valence-electron chi connectivity index (χ1n) is 9.46. The highest BCUT2D eigenvalue weighted by atomic mass is 35.5. The Balaban J connectivity index is 1.78. The smallest absolute Gasteiger partial charge is 0.404 e. The molecule has 1 aliphatic rings. The number of benzene rings is 1. The van der Waals surface area contributed by atoms with Gasteiger partial charge in [-0.25, -0.2) is 9.78 Å². The van der Waals surface area contributed by atoms with Crippen molar-refractivity contribution in [2.75, 3.05) is 6.61 Å². The first kappa shape index (κ1) is 20.5. The monoisotopic (exact) mass is 402 g/mol. The highest BCUT2D eigenvalue weighted by Crippen LogP contribution is 2.53. The van der Waals surface area contributed by atoms with Crippen LogP contribution in [-0.2, 0) is 0 Å². The van der Waals surface area contributed by atoms with E-state index in [4.69, 9.17) is 16.3 Å². The molecule has 6 heteroatoms. The van der Waals surface area contributed by atoms with Crippen LogP contribution >= 0.6 is 11.6 Å². The standard InChI is InChI=1S/C22H27ClN2O3/c1-14-5-7-15(8-6-14)17-11-16(12-24-18(17)23)28-13-22(9-10-22)19(21(2,3)4)25-20(26)27/h5-8,11-12,19,25H,9-10,13H2,1-4H3,(H,26,27). The molecule has 1 aromatic heterocycles. The summed E-state index contributed by atoms with van der Waals surface area (Å²) in [5, 5.41) is 12.4. The van der Waals surface area contributed by atoms with E-state index in [1.54, 1.807) is 6.20 Å². The molecule has 28 heavy (non-hydrogen) atoms. The van der Waals surface area contributed by atoms with E-state index in [-0.39, 0.29) is 16.9 Å². The Morgan fingerprint density at radius 2 is 1.96 bits per heavy atom. The van der Waals surface area contributed by atoms with Crippen molar-refractivity contribution < 1.29 is 14.6 Å². The molecule has 2 N–H and O–H groups in total. The minimum Gasteiger partial charge on any atom is -0.491 e. The molecule has 1 unspecified atom stereocenters. The van der Waals surface area contributed by atoms with Crippen LogP contribution in [0.1, 0.15) is 39.2 Å². The Labute approximate surface area is 171 Å². The van der Waals surface area contributed by atoms with Gasteiger partial charge in [-0.3, -0.25) is 0 Å². The molecule has 1 heterocycles. The molecule has 1 fully saturated rings. The van der Waals surface area contributed by atoms with E-state index in [0.717, 1.165) is 24.0 Å². The lowest BCUT2D eigenvalue weighted by Crippen LogP contribution is -2.51. The van der Waals surface area contributed by atoms with Crippen LogP contribution < -0.4 is 10.1 Å². The summed E-state index contributed by atoms with van der Waals surface area (Å²) in [4.78, 5) is 15.6. The highest BCUT2D eigenvalue weighted by Gasteiger charge is 2.54. The summed E-state index contributed by atoms with van der Waals surface area (Å²) in [5.41, 5.74) is 2.58. The lowest BCUT2D eigenvalue weighted by molar-refractivity contribution is 0.111. The van der Waals surface area contributed by atoms with Crippen LogP contribution in [0.3, 0.4) is 0 Å². The Morgan fingerprint density at radius 1 is 1.32 bits per heavy atom. The van der Waals surface area contributed by atoms with Gasteiger partial charge in [0.1, 0.15) is 10.9 Å². The molecule has 0 saturated heterocycles. The molecule has 1 aliphatic carbocycles. The van der Waals surface area contributed by atoms with Gasteiger partial charge >= 0.3 is 6.09 Å². The molecular formula is C22H27ClN2O3. The number of amides is 1. The number of ether oxygens (including phenoxy) is 1. The van der Waals surface area contributed by atoms with E-state index in [0.29, 0.717) is 17.5 Å². The topological polar surface area (TPSA) is 71.5 Å². The molecular weight excluding hydrogens is 376 g/mol. The Bertz CT molecular complexity index is 855. The van der Waals surface area contributed by atoms with Crippen LogP contribution in [-0.4, -0.2) is 28.8 Å². The van der Waals surface area contributed by atoms with Gasteiger partial charge in [-0.15, -0.1) is 0 Å². The number of pyridine rings is 1. The van der Waals surface area contributed by atoms with Crippen molar-refractivity contribution in [1.82, 2.24) is 10.3 Å². The minimum absolute atomic E-state index is 0.186. The van der Waals surface area contributed by atoms with Gasteiger partial charge in [0.2, 0.25) is 0 Å². The van der Waals surface area contributed by atoms with Crippen molar-refractivity contribution in [3.8, 4) is 16.9 Å². The first-order chi connectivity index (χ1) is 13.1. The third-order valence-corrected chi connectivity index (χ3v) is 5.64. The van der Waals surface area contributed by atoms with Gasteiger partial charge in [-0.2, -0.15) is 0 Å². The van der Waals surface area contributed by atoms with Crippen molar-refractivity contribution in [3.63, 3.8) is 0 Å². The van der Waals surface area contributed by atoms with Gasteiger partial charge in [-0.1, -0.05) is 62.2 Å². The van der Waals surface area contributed by atoms with Crippen LogP contribution in [0.25, 0.3) is 11.1 Å². The number of hydrogen-bond donors (Lipinski definition) is 2. The number of nitrogens with one attached hydrogen (secondary N) is 1. The van der Waals surface area contributed by atoms with Gasteiger partial charge in [0.25, 0.3) is 0 Å². The molecule has 3 rings (SSSR count). The van der Waals surface area contributed by atoms with Crippen LogP contribution in [0.4, 0.5) is 4.79 Å². The van der Waals surface area contributed by atoms with E-state index in [1.165, 1.54) is 5.56 Å². The molecule has 0 spiro atoms. The molecule has 0 bridgehead atoms. The number of hydrogen-bond acceptors (Lipinski definition) is 3. The normalized spacial score (nSPS) is 16.3. The van der Waals surface area contributed by atoms with Crippen LogP contribution in [0.15, 0.2) is 36.5 Å². The van der Waals surface area contributed by atoms with Gasteiger partial charge < -0.3 is 15.2 Å². The predicted octanol–water partition coefficient (Wildman–Crippen LogP) is 5.55. The predicted molar refractivity (Wildman–Crippen MR) is 111 cm³/mol. The Hall–Kier alpha value is -2.27. The fourth-order valence-corrected chi connectivity index (χ4v) is 3.97. The van der Waals surface area contributed by atoms with Gasteiger partial charge in [0, 0.05) is 17.0 Å². The van der Waals surface area contributed by atoms with E-state index >= 15 is 0 Å². The zero-order valence-electron chi connectivity index (χ0n) is 16.8. The van der Waals surface area contributed by atoms with Gasteiger partial charge in [0.15, 0.2) is 0 Å². The molecule has 0 radical (unpaired) electrons. The first-order valence-corrected chi connectivity index (χ1v) is 9.83. The average Bonchev–Trinajstić information content (AvgIpc) is 3.40. The van der Waals surface area contributed by atoms with E-state index < -0.39 is 6.09 Å². The summed E-state index contributed by atoms with van der Waals surface area (Å²) < 4.78 is 6.08. The molecule has 1 amide bonds. The van der Waals surface area contributed by atoms with Crippen LogP contribution in [0.5, 0.6) is 5.75 Å². The molecule has 1 aromatic carbocycles. The van der Waals surface area contributed by atoms with E-state index in [9.17, 15) is 9.90 Å². The second kappa shape index (κ2) is 7.63. The van der Waals surface area contributed by atoms with Crippen molar-refractivity contribution in [2.45, 2.75) is 46.6 Å². The molecule has 0 aliphatic heterocycles. The minimum atomic E-state index is -0.999. The summed E-state index contributed by atoms with van der Waals surface area (Å²) in [5.74, 6) is 0.634. The maximum atomic E-state index is 11.3. The number of carbonyl (C=O) groups is 1. The van der Waals surface area contributed by atoms with Gasteiger partial charge in [-0.05, 0) is 36.8 Å². The van der Waals surface area contributed by atoms with Crippen LogP contribution in [0, 0.1) is 17.8 Å². The fraction of sp³-hybridized carbons (Fsp3) is 0.455. The number of aryl methyl sites for hydroxylation is 1. The third kappa shape index (κ3) is 4.58. The highest BCUT2D eigenvalue weighted by molar-refractivity contribution is 6.32. The summed E-state index contributed by atoms with van der Waals surface area (Å²) in [6, 6.07) is 9.79. The largest absolute Gasteiger partial charge is 0.491 e. The summed E-state index contributed by atoms with van der Waals surface area (Å²) in [6.45, 7) is 8.62. The zero-order valence-corrected chi connectivity index (χ0v) is 17.5. The number of nitrogens with zero attached hydrogens (tertiary/aromatic N) is 1. The van der Waals surface area contributed by atoms with Gasteiger partial charge in [0.05, 0.1) is 12.8 Å². The number of aromatic nitrogens is 1. The average molecular weight is 403 g/mol. The summed E-state index contributed by atoms with van der Waals surface area (Å²) >= 11 is 6.30. The van der Waals surface area contributed by atoms with Crippen molar-refractivity contribution >= 4 is 17.7 Å². The quantitative estimate of drug-likeness (QED) is 0.621. The lowest BCUT2D eigenvalue weighted by Gasteiger charge is -2.37. The number of rotatable bonds is 6. The molecule has 1 atom stereocenters. The maximum absolute atomic E-state index is 11.3. The van der Waals surface area contributed by atoms with Crippen LogP contribution in [0.2, 0.25) is 5.15 Å². The second-order valence-corrected chi connectivity index (χ2v) is 9.13. The Morgan fingerprint density at radius 3 is 2.50 bits per heavy atom. The van der Waals surface area contributed by atoms with E-state index in [2.05, 4.69) is 10.3 Å².